The first-order chi connectivity index (χ1) is 11.6. The van der Waals surface area contributed by atoms with E-state index >= 15 is 0 Å². The quantitative estimate of drug-likeness (QED) is 0.515. The molecule has 0 saturated carbocycles. The molecule has 0 N–H and O–H groups in total. The van der Waals surface area contributed by atoms with E-state index in [-0.39, 0.29) is 11.7 Å². The normalized spacial score (nSPS) is 12.6. The van der Waals surface area contributed by atoms with E-state index < -0.39 is 0 Å². The third-order valence-electron chi connectivity index (χ3n) is 3.59. The van der Waals surface area contributed by atoms with E-state index in [1.165, 1.54) is 15.9 Å². The van der Waals surface area contributed by atoms with Crippen LogP contribution in [0.2, 0.25) is 0 Å². The van der Waals surface area contributed by atoms with Crippen LogP contribution in [0, 0.1) is 0 Å². The zero-order chi connectivity index (χ0) is 16.7. The number of halogens is 1. The summed E-state index contributed by atoms with van der Waals surface area (Å²) in [6, 6.07) is 14.9. The van der Waals surface area contributed by atoms with Gasteiger partial charge in [-0.3, -0.25) is 4.79 Å². The van der Waals surface area contributed by atoms with E-state index in [1.807, 2.05) is 49.4 Å². The first kappa shape index (κ1) is 15.3. The van der Waals surface area contributed by atoms with Crippen LogP contribution in [-0.2, 0) is 0 Å². The van der Waals surface area contributed by atoms with Crippen LogP contribution in [0.25, 0.3) is 15.9 Å². The third kappa shape index (κ3) is 2.70. The molecule has 1 atom stereocenters. The SMILES string of the molecule is C[C@H](Oc1ccc(Br)cc1)c1nn2c(=O)c3ccccc3nc2s1. The maximum Gasteiger partial charge on any atom is 0.283 e. The van der Waals surface area contributed by atoms with Gasteiger partial charge in [-0.1, -0.05) is 39.4 Å². The van der Waals surface area contributed by atoms with Crippen LogP contribution in [0.5, 0.6) is 5.75 Å². The van der Waals surface area contributed by atoms with Crippen molar-refractivity contribution in [2.75, 3.05) is 0 Å². The Morgan fingerprint density at radius 2 is 1.92 bits per heavy atom. The number of aromatic nitrogens is 3. The highest BCUT2D eigenvalue weighted by atomic mass is 79.9. The van der Waals surface area contributed by atoms with Gasteiger partial charge in [0, 0.05) is 4.47 Å². The molecule has 0 saturated heterocycles. The van der Waals surface area contributed by atoms with E-state index in [2.05, 4.69) is 26.0 Å². The fourth-order valence-electron chi connectivity index (χ4n) is 2.40. The van der Waals surface area contributed by atoms with E-state index in [9.17, 15) is 4.79 Å². The maximum absolute atomic E-state index is 12.5. The number of hydrogen-bond donors (Lipinski definition) is 0. The Hall–Kier alpha value is -2.25. The summed E-state index contributed by atoms with van der Waals surface area (Å²) in [5.74, 6) is 0.746. The molecule has 24 heavy (non-hydrogen) atoms. The van der Waals surface area contributed by atoms with Crippen molar-refractivity contribution in [2.24, 2.45) is 0 Å². The first-order valence-electron chi connectivity index (χ1n) is 7.32. The average molecular weight is 402 g/mol. The van der Waals surface area contributed by atoms with Crippen LogP contribution in [0.3, 0.4) is 0 Å². The number of benzene rings is 2. The van der Waals surface area contributed by atoms with E-state index in [0.717, 1.165) is 10.2 Å². The van der Waals surface area contributed by atoms with Crippen molar-refractivity contribution in [3.8, 4) is 5.75 Å². The first-order valence-corrected chi connectivity index (χ1v) is 8.93. The van der Waals surface area contributed by atoms with Crippen molar-refractivity contribution in [1.82, 2.24) is 14.6 Å². The van der Waals surface area contributed by atoms with Crippen molar-refractivity contribution in [2.45, 2.75) is 13.0 Å². The molecule has 4 aromatic rings. The Bertz CT molecular complexity index is 1090. The summed E-state index contributed by atoms with van der Waals surface area (Å²) in [6.07, 6.45) is -0.277. The molecule has 0 fully saturated rings. The Morgan fingerprint density at radius 1 is 1.17 bits per heavy atom. The van der Waals surface area contributed by atoms with Gasteiger partial charge in [-0.2, -0.15) is 9.61 Å². The van der Waals surface area contributed by atoms with Crippen LogP contribution in [0.1, 0.15) is 18.0 Å². The van der Waals surface area contributed by atoms with Gasteiger partial charge in [0.1, 0.15) is 11.9 Å². The monoisotopic (exact) mass is 401 g/mol. The lowest BCUT2D eigenvalue weighted by Crippen LogP contribution is -2.15. The summed E-state index contributed by atoms with van der Waals surface area (Å²) in [7, 11) is 0. The second-order valence-electron chi connectivity index (χ2n) is 5.28. The lowest BCUT2D eigenvalue weighted by atomic mass is 10.2. The van der Waals surface area contributed by atoms with Crippen LogP contribution in [0.4, 0.5) is 0 Å². The molecule has 2 heterocycles. The van der Waals surface area contributed by atoms with Gasteiger partial charge >= 0.3 is 0 Å². The molecule has 0 unspecified atom stereocenters. The van der Waals surface area contributed by atoms with Crippen molar-refractivity contribution in [3.63, 3.8) is 0 Å². The Labute approximate surface area is 149 Å². The van der Waals surface area contributed by atoms with E-state index in [0.29, 0.717) is 20.9 Å². The van der Waals surface area contributed by atoms with Crippen molar-refractivity contribution in [3.05, 3.63) is 68.4 Å². The highest BCUT2D eigenvalue weighted by molar-refractivity contribution is 9.10. The number of ether oxygens (including phenoxy) is 1. The zero-order valence-electron chi connectivity index (χ0n) is 12.6. The second-order valence-corrected chi connectivity index (χ2v) is 7.19. The summed E-state index contributed by atoms with van der Waals surface area (Å²) in [6.45, 7) is 1.91. The molecule has 0 radical (unpaired) electrons. The number of nitrogens with zero attached hydrogens (tertiary/aromatic N) is 3. The Morgan fingerprint density at radius 3 is 2.71 bits per heavy atom. The molecule has 5 nitrogen and oxygen atoms in total. The summed E-state index contributed by atoms with van der Waals surface area (Å²) in [4.78, 5) is 17.6. The highest BCUT2D eigenvalue weighted by Gasteiger charge is 2.16. The fourth-order valence-corrected chi connectivity index (χ4v) is 3.54. The summed E-state index contributed by atoms with van der Waals surface area (Å²) >= 11 is 4.76. The minimum absolute atomic E-state index is 0.158. The van der Waals surface area contributed by atoms with Gasteiger partial charge in [-0.15, -0.1) is 0 Å². The van der Waals surface area contributed by atoms with Crippen LogP contribution in [0.15, 0.2) is 57.8 Å². The maximum atomic E-state index is 12.5. The van der Waals surface area contributed by atoms with Crippen LogP contribution >= 0.6 is 27.3 Å². The fraction of sp³-hybridized carbons (Fsp3) is 0.118. The van der Waals surface area contributed by atoms with Crippen LogP contribution in [-0.4, -0.2) is 14.6 Å². The molecular weight excluding hydrogens is 390 g/mol. The molecule has 2 aromatic heterocycles. The highest BCUT2D eigenvalue weighted by Crippen LogP contribution is 2.26. The smallest absolute Gasteiger partial charge is 0.283 e. The molecule has 0 aliphatic heterocycles. The number of hydrogen-bond acceptors (Lipinski definition) is 5. The van der Waals surface area contributed by atoms with Gasteiger partial charge in [0.15, 0.2) is 5.01 Å². The number of fused-ring (bicyclic) bond motifs is 2. The Balaban J connectivity index is 1.74. The molecule has 0 aliphatic rings. The standard InChI is InChI=1S/C17H12BrN3O2S/c1-10(23-12-8-6-11(18)7-9-12)15-20-21-16(22)13-4-2-3-5-14(13)19-17(21)24-15/h2-10H,1H3/t10-/m0/s1. The minimum Gasteiger partial charge on any atom is -0.483 e. The lowest BCUT2D eigenvalue weighted by molar-refractivity contribution is 0.225. The molecule has 7 heteroatoms. The predicted octanol–water partition coefficient (Wildman–Crippen LogP) is 4.21. The van der Waals surface area contributed by atoms with Crippen LogP contribution < -0.4 is 10.3 Å². The van der Waals surface area contributed by atoms with Crippen molar-refractivity contribution < 1.29 is 4.74 Å². The van der Waals surface area contributed by atoms with Gasteiger partial charge in [0.2, 0.25) is 4.96 Å². The molecular formula is C17H12BrN3O2S. The predicted molar refractivity (Wildman–Crippen MR) is 97.8 cm³/mol. The Kier molecular flexibility index (Phi) is 3.82. The van der Waals surface area contributed by atoms with E-state index in [4.69, 9.17) is 4.74 Å². The summed E-state index contributed by atoms with van der Waals surface area (Å²) in [5.41, 5.74) is 0.521. The van der Waals surface area contributed by atoms with Gasteiger partial charge in [0.25, 0.3) is 5.56 Å². The molecule has 2 aromatic carbocycles. The zero-order valence-corrected chi connectivity index (χ0v) is 15.0. The largest absolute Gasteiger partial charge is 0.483 e. The summed E-state index contributed by atoms with van der Waals surface area (Å²) < 4.78 is 8.25. The lowest BCUT2D eigenvalue weighted by Gasteiger charge is -2.11. The number of rotatable bonds is 3. The molecule has 0 spiro atoms. The second kappa shape index (κ2) is 5.99. The van der Waals surface area contributed by atoms with Gasteiger partial charge in [0.05, 0.1) is 10.9 Å². The minimum atomic E-state index is -0.277. The molecule has 120 valence electrons. The third-order valence-corrected chi connectivity index (χ3v) is 5.19. The topological polar surface area (TPSA) is 56.5 Å². The molecule has 4 rings (SSSR count). The van der Waals surface area contributed by atoms with Crippen molar-refractivity contribution in [1.29, 1.82) is 0 Å². The molecule has 0 aliphatic carbocycles. The number of para-hydroxylation sites is 1. The summed E-state index contributed by atoms with van der Waals surface area (Å²) in [5, 5.41) is 5.67. The van der Waals surface area contributed by atoms with E-state index in [1.54, 1.807) is 6.07 Å². The average Bonchev–Trinajstić information content (AvgIpc) is 3.02. The van der Waals surface area contributed by atoms with Crippen molar-refractivity contribution >= 4 is 43.1 Å². The van der Waals surface area contributed by atoms with Gasteiger partial charge in [-0.05, 0) is 43.3 Å². The van der Waals surface area contributed by atoms with Gasteiger partial charge < -0.3 is 4.74 Å². The molecule has 0 amide bonds. The van der Waals surface area contributed by atoms with Gasteiger partial charge in [-0.25, -0.2) is 4.98 Å². The molecule has 0 bridgehead atoms.